The summed E-state index contributed by atoms with van der Waals surface area (Å²) in [6.45, 7) is 2.36. The predicted molar refractivity (Wildman–Crippen MR) is 56.9 cm³/mol. The first kappa shape index (κ1) is 10.0. The van der Waals surface area contributed by atoms with Gasteiger partial charge in [-0.25, -0.2) is 0 Å². The minimum absolute atomic E-state index is 0.00993. The highest BCUT2D eigenvalue weighted by Crippen LogP contribution is 2.49. The molecule has 0 unspecified atom stereocenters. The Labute approximate surface area is 86.5 Å². The molecule has 1 amide bonds. The first-order valence-electron chi connectivity index (χ1n) is 5.90. The molecule has 0 aromatic carbocycles. The molecule has 2 bridgehead atoms. The highest BCUT2D eigenvalue weighted by Gasteiger charge is 2.44. The van der Waals surface area contributed by atoms with Crippen molar-refractivity contribution in [2.24, 2.45) is 17.3 Å². The van der Waals surface area contributed by atoms with Crippen molar-refractivity contribution in [1.82, 2.24) is 5.32 Å². The maximum Gasteiger partial charge on any atom is 0.225 e. The minimum Gasteiger partial charge on any atom is -0.359 e. The SMILES string of the molecule is CNC(=O)C12CCC(CC1)[C@@H](C)CC2. The van der Waals surface area contributed by atoms with Gasteiger partial charge in [-0.3, -0.25) is 4.79 Å². The standard InChI is InChI=1S/C12H21NO/c1-9-3-6-12(11(14)13-2)7-4-10(9)5-8-12/h9-10H,3-8H2,1-2H3,(H,13,14)/t9-,10?,12?/m0/s1. The van der Waals surface area contributed by atoms with Gasteiger partial charge >= 0.3 is 0 Å². The van der Waals surface area contributed by atoms with Crippen molar-refractivity contribution in [3.63, 3.8) is 0 Å². The van der Waals surface area contributed by atoms with Crippen molar-refractivity contribution in [1.29, 1.82) is 0 Å². The summed E-state index contributed by atoms with van der Waals surface area (Å²) in [4.78, 5) is 11.9. The third-order valence-electron chi connectivity index (χ3n) is 4.58. The molecule has 0 aliphatic heterocycles. The van der Waals surface area contributed by atoms with Crippen molar-refractivity contribution in [2.75, 3.05) is 7.05 Å². The van der Waals surface area contributed by atoms with Crippen LogP contribution >= 0.6 is 0 Å². The van der Waals surface area contributed by atoms with Gasteiger partial charge in [-0.05, 0) is 50.4 Å². The van der Waals surface area contributed by atoms with Crippen LogP contribution in [0, 0.1) is 17.3 Å². The van der Waals surface area contributed by atoms with E-state index in [1.807, 2.05) is 0 Å². The molecule has 2 heteroatoms. The lowest BCUT2D eigenvalue weighted by Crippen LogP contribution is -2.40. The van der Waals surface area contributed by atoms with Crippen LogP contribution in [0.2, 0.25) is 0 Å². The molecule has 3 aliphatic rings. The molecular formula is C12H21NO. The van der Waals surface area contributed by atoms with E-state index >= 15 is 0 Å². The summed E-state index contributed by atoms with van der Waals surface area (Å²) in [5.41, 5.74) is 0.00993. The quantitative estimate of drug-likeness (QED) is 0.683. The number of carbonyl (C=O) groups is 1. The van der Waals surface area contributed by atoms with Crippen molar-refractivity contribution in [3.8, 4) is 0 Å². The Balaban J connectivity index is 2.17. The molecule has 3 saturated carbocycles. The number of nitrogens with one attached hydrogen (secondary N) is 1. The Morgan fingerprint density at radius 1 is 1.21 bits per heavy atom. The fourth-order valence-corrected chi connectivity index (χ4v) is 3.36. The van der Waals surface area contributed by atoms with E-state index in [2.05, 4.69) is 12.2 Å². The second-order valence-corrected chi connectivity index (χ2v) is 5.21. The van der Waals surface area contributed by atoms with Gasteiger partial charge in [0.2, 0.25) is 5.91 Å². The lowest BCUT2D eigenvalue weighted by Gasteiger charge is -2.35. The van der Waals surface area contributed by atoms with E-state index in [-0.39, 0.29) is 5.41 Å². The highest BCUT2D eigenvalue weighted by molar-refractivity contribution is 5.82. The molecule has 0 spiro atoms. The molecule has 3 aliphatic carbocycles. The number of carbonyl (C=O) groups excluding carboxylic acids is 1. The molecule has 0 aromatic heterocycles. The summed E-state index contributed by atoms with van der Waals surface area (Å²) in [6, 6.07) is 0. The highest BCUT2D eigenvalue weighted by atomic mass is 16.2. The molecular weight excluding hydrogens is 174 g/mol. The Morgan fingerprint density at radius 2 is 1.79 bits per heavy atom. The molecule has 14 heavy (non-hydrogen) atoms. The molecule has 1 atom stereocenters. The summed E-state index contributed by atoms with van der Waals surface area (Å²) in [5, 5.41) is 2.85. The maximum atomic E-state index is 11.9. The summed E-state index contributed by atoms with van der Waals surface area (Å²) in [5.74, 6) is 2.03. The summed E-state index contributed by atoms with van der Waals surface area (Å²) < 4.78 is 0. The average molecular weight is 195 g/mol. The van der Waals surface area contributed by atoms with Crippen molar-refractivity contribution < 1.29 is 4.79 Å². The largest absolute Gasteiger partial charge is 0.359 e. The van der Waals surface area contributed by atoms with Crippen LogP contribution < -0.4 is 5.32 Å². The second kappa shape index (κ2) is 3.56. The molecule has 1 N–H and O–H groups in total. The number of fused-ring (bicyclic) bond motifs is 4. The van der Waals surface area contributed by atoms with E-state index in [0.29, 0.717) is 5.91 Å². The number of rotatable bonds is 1. The van der Waals surface area contributed by atoms with E-state index in [9.17, 15) is 4.79 Å². The Bertz CT molecular complexity index is 228. The molecule has 0 radical (unpaired) electrons. The summed E-state index contributed by atoms with van der Waals surface area (Å²) >= 11 is 0. The zero-order valence-electron chi connectivity index (χ0n) is 9.31. The molecule has 3 fully saturated rings. The number of hydrogen-bond donors (Lipinski definition) is 1. The predicted octanol–water partition coefficient (Wildman–Crippen LogP) is 2.34. The van der Waals surface area contributed by atoms with Crippen LogP contribution in [0.1, 0.15) is 45.4 Å². The van der Waals surface area contributed by atoms with Crippen LogP contribution in [0.3, 0.4) is 0 Å². The Morgan fingerprint density at radius 3 is 2.36 bits per heavy atom. The lowest BCUT2D eigenvalue weighted by atomic mass is 9.70. The second-order valence-electron chi connectivity index (χ2n) is 5.21. The topological polar surface area (TPSA) is 29.1 Å². The molecule has 3 rings (SSSR count). The van der Waals surface area contributed by atoms with E-state index in [1.165, 1.54) is 19.3 Å². The Hall–Kier alpha value is -0.530. The first-order chi connectivity index (χ1) is 6.68. The monoisotopic (exact) mass is 195 g/mol. The molecule has 0 heterocycles. The van der Waals surface area contributed by atoms with E-state index < -0.39 is 0 Å². The molecule has 2 nitrogen and oxygen atoms in total. The zero-order chi connectivity index (χ0) is 10.2. The van der Waals surface area contributed by atoms with Gasteiger partial charge in [0.1, 0.15) is 0 Å². The van der Waals surface area contributed by atoms with Crippen molar-refractivity contribution in [3.05, 3.63) is 0 Å². The van der Waals surface area contributed by atoms with Crippen molar-refractivity contribution in [2.45, 2.75) is 45.4 Å². The third-order valence-corrected chi connectivity index (χ3v) is 4.58. The number of hydrogen-bond acceptors (Lipinski definition) is 1. The maximum absolute atomic E-state index is 11.9. The Kier molecular flexibility index (Phi) is 2.54. The fourth-order valence-electron chi connectivity index (χ4n) is 3.36. The summed E-state index contributed by atoms with van der Waals surface area (Å²) in [6.07, 6.45) is 7.16. The van der Waals surface area contributed by atoms with E-state index in [1.54, 1.807) is 7.05 Å². The molecule has 0 saturated heterocycles. The van der Waals surface area contributed by atoms with Gasteiger partial charge in [-0.2, -0.15) is 0 Å². The van der Waals surface area contributed by atoms with Gasteiger partial charge < -0.3 is 5.32 Å². The molecule has 80 valence electrons. The number of amides is 1. The van der Waals surface area contributed by atoms with E-state index in [0.717, 1.165) is 31.1 Å². The van der Waals surface area contributed by atoms with Crippen LogP contribution in [-0.2, 0) is 4.79 Å². The van der Waals surface area contributed by atoms with Crippen molar-refractivity contribution >= 4 is 5.91 Å². The van der Waals surface area contributed by atoms with Crippen LogP contribution in [0.25, 0.3) is 0 Å². The van der Waals surface area contributed by atoms with Crippen LogP contribution in [-0.4, -0.2) is 13.0 Å². The summed E-state index contributed by atoms with van der Waals surface area (Å²) in [7, 11) is 1.78. The van der Waals surface area contributed by atoms with Crippen LogP contribution in [0.15, 0.2) is 0 Å². The smallest absolute Gasteiger partial charge is 0.225 e. The normalized spacial score (nSPS) is 41.9. The average Bonchev–Trinajstić information content (AvgIpc) is 2.49. The first-order valence-corrected chi connectivity index (χ1v) is 5.90. The van der Waals surface area contributed by atoms with Crippen LogP contribution in [0.4, 0.5) is 0 Å². The van der Waals surface area contributed by atoms with Crippen LogP contribution in [0.5, 0.6) is 0 Å². The molecule has 0 aromatic rings. The zero-order valence-corrected chi connectivity index (χ0v) is 9.31. The van der Waals surface area contributed by atoms with Gasteiger partial charge in [-0.1, -0.05) is 6.92 Å². The van der Waals surface area contributed by atoms with Gasteiger partial charge in [0.25, 0.3) is 0 Å². The van der Waals surface area contributed by atoms with Gasteiger partial charge in [-0.15, -0.1) is 0 Å². The third kappa shape index (κ3) is 1.45. The fraction of sp³-hybridized carbons (Fsp3) is 0.917. The van der Waals surface area contributed by atoms with E-state index in [4.69, 9.17) is 0 Å². The van der Waals surface area contributed by atoms with Gasteiger partial charge in [0.15, 0.2) is 0 Å². The minimum atomic E-state index is 0.00993. The van der Waals surface area contributed by atoms with Gasteiger partial charge in [0, 0.05) is 12.5 Å². The van der Waals surface area contributed by atoms with Gasteiger partial charge in [0.05, 0.1) is 0 Å². The lowest BCUT2D eigenvalue weighted by molar-refractivity contribution is -0.132.